The lowest BCUT2D eigenvalue weighted by Crippen LogP contribution is -2.40. The summed E-state index contributed by atoms with van der Waals surface area (Å²) in [6.45, 7) is 7.57. The Morgan fingerprint density at radius 3 is 2.61 bits per heavy atom. The molecule has 1 heterocycles. The zero-order valence-electron chi connectivity index (χ0n) is 11.4. The van der Waals surface area contributed by atoms with Crippen molar-refractivity contribution in [2.24, 2.45) is 11.7 Å². The van der Waals surface area contributed by atoms with Gasteiger partial charge in [0.1, 0.15) is 5.82 Å². The van der Waals surface area contributed by atoms with Gasteiger partial charge in [-0.15, -0.1) is 0 Å². The van der Waals surface area contributed by atoms with E-state index in [1.165, 1.54) is 0 Å². The van der Waals surface area contributed by atoms with Gasteiger partial charge in [0.15, 0.2) is 0 Å². The van der Waals surface area contributed by atoms with Crippen molar-refractivity contribution in [3.05, 3.63) is 23.8 Å². The zero-order valence-corrected chi connectivity index (χ0v) is 11.4. The molecule has 0 radical (unpaired) electrons. The van der Waals surface area contributed by atoms with Gasteiger partial charge in [-0.25, -0.2) is 9.97 Å². The molecular formula is C13H22N4O. The summed E-state index contributed by atoms with van der Waals surface area (Å²) in [5, 5.41) is 0. The maximum atomic E-state index is 12.2. The maximum Gasteiger partial charge on any atom is 0.227 e. The molecule has 0 spiro atoms. The number of hydrogen-bond acceptors (Lipinski definition) is 4. The van der Waals surface area contributed by atoms with Crippen LogP contribution in [0.3, 0.4) is 0 Å². The van der Waals surface area contributed by atoms with Crippen LogP contribution < -0.4 is 5.73 Å². The van der Waals surface area contributed by atoms with Gasteiger partial charge in [0, 0.05) is 37.9 Å². The summed E-state index contributed by atoms with van der Waals surface area (Å²) in [5.74, 6) is 0.636. The Hall–Kier alpha value is -1.49. The minimum atomic E-state index is -0.195. The Morgan fingerprint density at radius 1 is 1.44 bits per heavy atom. The van der Waals surface area contributed by atoms with Gasteiger partial charge >= 0.3 is 0 Å². The molecule has 1 aromatic rings. The molecule has 1 atom stereocenters. The monoisotopic (exact) mass is 250 g/mol. The predicted octanol–water partition coefficient (Wildman–Crippen LogP) is 0.771. The molecule has 1 amide bonds. The molecule has 0 saturated carbocycles. The fourth-order valence-electron chi connectivity index (χ4n) is 1.94. The van der Waals surface area contributed by atoms with Gasteiger partial charge < -0.3 is 10.6 Å². The molecule has 0 aliphatic rings. The summed E-state index contributed by atoms with van der Waals surface area (Å²) < 4.78 is 0. The summed E-state index contributed by atoms with van der Waals surface area (Å²) in [4.78, 5) is 22.4. The summed E-state index contributed by atoms with van der Waals surface area (Å²) in [6.07, 6.45) is 2.29. The Labute approximate surface area is 108 Å². The van der Waals surface area contributed by atoms with Crippen LogP contribution in [-0.2, 0) is 11.2 Å². The predicted molar refractivity (Wildman–Crippen MR) is 70.9 cm³/mol. The lowest BCUT2D eigenvalue weighted by molar-refractivity contribution is -0.134. The number of aryl methyl sites for hydroxylation is 1. The Morgan fingerprint density at radius 2 is 2.11 bits per heavy atom. The number of hydrogen-bond donors (Lipinski definition) is 1. The maximum absolute atomic E-state index is 12.2. The van der Waals surface area contributed by atoms with Crippen LogP contribution in [0.15, 0.2) is 12.3 Å². The van der Waals surface area contributed by atoms with E-state index in [1.54, 1.807) is 6.20 Å². The Bertz CT molecular complexity index is 390. The van der Waals surface area contributed by atoms with Crippen LogP contribution in [0.25, 0.3) is 0 Å². The normalized spacial score (nSPS) is 12.2. The summed E-state index contributed by atoms with van der Waals surface area (Å²) >= 11 is 0. The van der Waals surface area contributed by atoms with Crippen LogP contribution in [0.1, 0.15) is 25.4 Å². The van der Waals surface area contributed by atoms with Gasteiger partial charge in [0.05, 0.1) is 5.92 Å². The molecule has 0 fully saturated rings. The number of nitrogens with zero attached hydrogens (tertiary/aromatic N) is 3. The fourth-order valence-corrected chi connectivity index (χ4v) is 1.94. The molecule has 1 unspecified atom stereocenters. The van der Waals surface area contributed by atoms with Crippen molar-refractivity contribution < 1.29 is 4.79 Å². The molecule has 0 bridgehead atoms. The molecule has 5 heteroatoms. The van der Waals surface area contributed by atoms with Crippen LogP contribution in [0.2, 0.25) is 0 Å². The number of amides is 1. The van der Waals surface area contributed by atoms with E-state index >= 15 is 0 Å². The molecule has 0 aromatic carbocycles. The van der Waals surface area contributed by atoms with Gasteiger partial charge in [-0.05, 0) is 26.8 Å². The van der Waals surface area contributed by atoms with Crippen molar-refractivity contribution in [1.82, 2.24) is 14.9 Å². The lowest BCUT2D eigenvalue weighted by Gasteiger charge is -2.24. The van der Waals surface area contributed by atoms with Crippen LogP contribution >= 0.6 is 0 Å². The van der Waals surface area contributed by atoms with Crippen LogP contribution in [0.4, 0.5) is 0 Å². The fraction of sp³-hybridized carbons (Fsp3) is 0.615. The van der Waals surface area contributed by atoms with E-state index in [4.69, 9.17) is 5.73 Å². The van der Waals surface area contributed by atoms with E-state index in [-0.39, 0.29) is 11.8 Å². The average molecular weight is 250 g/mol. The quantitative estimate of drug-likeness (QED) is 0.809. The summed E-state index contributed by atoms with van der Waals surface area (Å²) in [7, 11) is 0. The van der Waals surface area contributed by atoms with Gasteiger partial charge in [-0.1, -0.05) is 0 Å². The van der Waals surface area contributed by atoms with Gasteiger partial charge in [0.25, 0.3) is 0 Å². The number of nitrogens with two attached hydrogens (primary N) is 1. The molecule has 18 heavy (non-hydrogen) atoms. The highest BCUT2D eigenvalue weighted by molar-refractivity contribution is 5.79. The largest absolute Gasteiger partial charge is 0.343 e. The Kier molecular flexibility index (Phi) is 5.71. The molecule has 1 rings (SSSR count). The van der Waals surface area contributed by atoms with Crippen molar-refractivity contribution in [3.63, 3.8) is 0 Å². The highest BCUT2D eigenvalue weighted by Crippen LogP contribution is 2.09. The number of carbonyl (C=O) groups is 1. The second kappa shape index (κ2) is 7.06. The van der Waals surface area contributed by atoms with Crippen molar-refractivity contribution in [3.8, 4) is 0 Å². The third-order valence-corrected chi connectivity index (χ3v) is 3.00. The van der Waals surface area contributed by atoms with Crippen LogP contribution in [0.5, 0.6) is 0 Å². The molecule has 0 aliphatic heterocycles. The van der Waals surface area contributed by atoms with Crippen molar-refractivity contribution >= 4 is 5.91 Å². The molecule has 1 aromatic heterocycles. The second-order valence-electron chi connectivity index (χ2n) is 4.24. The molecule has 0 aliphatic carbocycles. The first-order chi connectivity index (χ1) is 8.62. The van der Waals surface area contributed by atoms with Crippen LogP contribution in [0, 0.1) is 12.8 Å². The van der Waals surface area contributed by atoms with Crippen molar-refractivity contribution in [1.29, 1.82) is 0 Å². The topological polar surface area (TPSA) is 72.1 Å². The van der Waals surface area contributed by atoms with Gasteiger partial charge in [-0.2, -0.15) is 0 Å². The zero-order chi connectivity index (χ0) is 13.5. The van der Waals surface area contributed by atoms with E-state index in [0.717, 1.165) is 11.5 Å². The molecule has 5 nitrogen and oxygen atoms in total. The minimum Gasteiger partial charge on any atom is -0.343 e. The second-order valence-corrected chi connectivity index (χ2v) is 4.24. The van der Waals surface area contributed by atoms with Gasteiger partial charge in [-0.3, -0.25) is 4.79 Å². The van der Waals surface area contributed by atoms with E-state index in [1.807, 2.05) is 31.7 Å². The number of rotatable bonds is 6. The van der Waals surface area contributed by atoms with E-state index in [0.29, 0.717) is 26.1 Å². The molecule has 2 N–H and O–H groups in total. The first kappa shape index (κ1) is 14.6. The van der Waals surface area contributed by atoms with E-state index < -0.39 is 0 Å². The van der Waals surface area contributed by atoms with E-state index in [2.05, 4.69) is 9.97 Å². The first-order valence-corrected chi connectivity index (χ1v) is 6.39. The smallest absolute Gasteiger partial charge is 0.227 e. The minimum absolute atomic E-state index is 0.110. The van der Waals surface area contributed by atoms with E-state index in [9.17, 15) is 4.79 Å². The van der Waals surface area contributed by atoms with Crippen molar-refractivity contribution in [2.45, 2.75) is 27.2 Å². The van der Waals surface area contributed by atoms with Gasteiger partial charge in [0.2, 0.25) is 5.91 Å². The van der Waals surface area contributed by atoms with Crippen LogP contribution in [-0.4, -0.2) is 40.4 Å². The molecular weight excluding hydrogens is 228 g/mol. The Balaban J connectivity index is 2.75. The lowest BCUT2D eigenvalue weighted by atomic mass is 10.0. The SMILES string of the molecule is CCN(CC)C(=O)C(CN)Cc1ccnc(C)n1. The average Bonchev–Trinajstić information content (AvgIpc) is 2.37. The number of carbonyl (C=O) groups excluding carboxylic acids is 1. The number of aromatic nitrogens is 2. The molecule has 100 valence electrons. The third-order valence-electron chi connectivity index (χ3n) is 3.00. The first-order valence-electron chi connectivity index (χ1n) is 6.39. The summed E-state index contributed by atoms with van der Waals surface area (Å²) in [6, 6.07) is 1.84. The standard InChI is InChI=1S/C13H22N4O/c1-4-17(5-2)13(18)11(9-14)8-12-6-7-15-10(3)16-12/h6-7,11H,4-5,8-9,14H2,1-3H3. The molecule has 0 saturated heterocycles. The van der Waals surface area contributed by atoms with Crippen molar-refractivity contribution in [2.75, 3.05) is 19.6 Å². The highest BCUT2D eigenvalue weighted by Gasteiger charge is 2.22. The highest BCUT2D eigenvalue weighted by atomic mass is 16.2. The summed E-state index contributed by atoms with van der Waals surface area (Å²) in [5.41, 5.74) is 6.59. The third kappa shape index (κ3) is 3.77.